The molecule has 0 aliphatic rings. The summed E-state index contributed by atoms with van der Waals surface area (Å²) in [5, 5.41) is 1.04. The third-order valence-electron chi connectivity index (χ3n) is 5.46. The van der Waals surface area contributed by atoms with Gasteiger partial charge < -0.3 is 4.74 Å². The van der Waals surface area contributed by atoms with Crippen molar-refractivity contribution in [3.05, 3.63) is 101 Å². The zero-order valence-electron chi connectivity index (χ0n) is 18.6. The summed E-state index contributed by atoms with van der Waals surface area (Å²) in [5.41, 5.74) is 1.33. The van der Waals surface area contributed by atoms with Crippen molar-refractivity contribution in [1.29, 1.82) is 0 Å². The summed E-state index contributed by atoms with van der Waals surface area (Å²) in [6.45, 7) is 2.62. The summed E-state index contributed by atoms with van der Waals surface area (Å²) < 4.78 is 61.7. The topological polar surface area (TPSA) is 9.23 Å². The molecule has 0 N–H and O–H groups in total. The molecule has 172 valence electrons. The van der Waals surface area contributed by atoms with Gasteiger partial charge in [-0.2, -0.15) is 0 Å². The van der Waals surface area contributed by atoms with E-state index in [4.69, 9.17) is 4.74 Å². The molecule has 0 saturated carbocycles. The first-order valence-corrected chi connectivity index (χ1v) is 11.1. The first-order chi connectivity index (χ1) is 16.4. The van der Waals surface area contributed by atoms with Crippen LogP contribution in [0.4, 0.5) is 17.6 Å². The van der Waals surface area contributed by atoms with Crippen molar-refractivity contribution in [2.45, 2.75) is 26.2 Å². The quantitative estimate of drug-likeness (QED) is 0.160. The van der Waals surface area contributed by atoms with E-state index in [0.29, 0.717) is 34.3 Å². The smallest absolute Gasteiger partial charge is 0.159 e. The summed E-state index contributed by atoms with van der Waals surface area (Å²) in [5.74, 6) is 3.09. The Bertz CT molecular complexity index is 1400. The van der Waals surface area contributed by atoms with Crippen LogP contribution in [-0.4, -0.2) is 6.61 Å². The lowest BCUT2D eigenvalue weighted by Gasteiger charge is -2.09. The van der Waals surface area contributed by atoms with E-state index in [0.717, 1.165) is 31.4 Å². The molecule has 34 heavy (non-hydrogen) atoms. The highest BCUT2D eigenvalue weighted by Crippen LogP contribution is 2.28. The molecule has 1 nitrogen and oxygen atoms in total. The number of ether oxygens (including phenoxy) is 1. The Morgan fingerprint density at radius 1 is 0.676 bits per heavy atom. The lowest BCUT2D eigenvalue weighted by Crippen LogP contribution is -1.98. The molecule has 0 heterocycles. The SMILES string of the molecule is CCCCCOc1ccc(-c2ccc(C#Cc3ccc4cc(F)c(F)cc4c3)c(F)c2)c(F)c1. The molecule has 0 spiro atoms. The van der Waals surface area contributed by atoms with Gasteiger partial charge in [0.2, 0.25) is 0 Å². The fourth-order valence-corrected chi connectivity index (χ4v) is 3.61. The zero-order chi connectivity index (χ0) is 24.1. The number of hydrogen-bond acceptors (Lipinski definition) is 1. The summed E-state index contributed by atoms with van der Waals surface area (Å²) in [4.78, 5) is 0. The molecule has 4 aromatic rings. The third-order valence-corrected chi connectivity index (χ3v) is 5.46. The molecule has 4 rings (SSSR count). The standard InChI is InChI=1S/C29H22F4O/c1-2-3-4-13-34-24-11-12-25(27(31)18-24)22-10-9-20(26(30)16-22)7-5-19-6-8-21-15-28(32)29(33)17-23(21)14-19/h6,8-12,14-18H,2-4,13H2,1H3. The Hall–Kier alpha value is -3.78. The minimum absolute atomic E-state index is 0.144. The van der Waals surface area contributed by atoms with Crippen LogP contribution in [0.5, 0.6) is 5.75 Å². The van der Waals surface area contributed by atoms with E-state index in [-0.39, 0.29) is 11.1 Å². The normalized spacial score (nSPS) is 10.7. The van der Waals surface area contributed by atoms with Crippen molar-refractivity contribution in [2.75, 3.05) is 6.61 Å². The molecule has 0 fully saturated rings. The number of halogens is 4. The second-order valence-corrected chi connectivity index (χ2v) is 7.97. The van der Waals surface area contributed by atoms with Crippen molar-refractivity contribution in [3.63, 3.8) is 0 Å². The molecular formula is C29H22F4O. The minimum atomic E-state index is -0.942. The monoisotopic (exact) mass is 462 g/mol. The van der Waals surface area contributed by atoms with Gasteiger partial charge in [0.25, 0.3) is 0 Å². The average molecular weight is 462 g/mol. The maximum Gasteiger partial charge on any atom is 0.159 e. The van der Waals surface area contributed by atoms with Crippen LogP contribution in [0.15, 0.2) is 66.7 Å². The molecule has 0 amide bonds. The van der Waals surface area contributed by atoms with Crippen molar-refractivity contribution in [2.24, 2.45) is 0 Å². The van der Waals surface area contributed by atoms with Gasteiger partial charge in [-0.3, -0.25) is 0 Å². The van der Waals surface area contributed by atoms with E-state index < -0.39 is 23.3 Å². The van der Waals surface area contributed by atoms with Crippen molar-refractivity contribution in [1.82, 2.24) is 0 Å². The van der Waals surface area contributed by atoms with E-state index >= 15 is 0 Å². The number of benzene rings is 4. The largest absolute Gasteiger partial charge is 0.493 e. The van der Waals surface area contributed by atoms with Crippen molar-refractivity contribution >= 4 is 10.8 Å². The van der Waals surface area contributed by atoms with E-state index in [1.54, 1.807) is 36.4 Å². The predicted octanol–water partition coefficient (Wildman–Crippen LogP) is 8.03. The molecule has 0 bridgehead atoms. The van der Waals surface area contributed by atoms with Gasteiger partial charge in [0, 0.05) is 17.2 Å². The van der Waals surface area contributed by atoms with Gasteiger partial charge in [-0.1, -0.05) is 43.7 Å². The Morgan fingerprint density at radius 3 is 2.21 bits per heavy atom. The van der Waals surface area contributed by atoms with Gasteiger partial charge in [0.15, 0.2) is 11.6 Å². The average Bonchev–Trinajstić information content (AvgIpc) is 2.82. The molecule has 4 aromatic carbocycles. The van der Waals surface area contributed by atoms with Crippen LogP contribution in [0.25, 0.3) is 21.9 Å². The lowest BCUT2D eigenvalue weighted by atomic mass is 10.0. The molecule has 0 aromatic heterocycles. The zero-order valence-corrected chi connectivity index (χ0v) is 18.6. The van der Waals surface area contributed by atoms with Crippen LogP contribution in [-0.2, 0) is 0 Å². The molecule has 0 unspecified atom stereocenters. The predicted molar refractivity (Wildman–Crippen MR) is 127 cm³/mol. The molecule has 0 radical (unpaired) electrons. The van der Waals surface area contributed by atoms with Gasteiger partial charge in [0.1, 0.15) is 17.4 Å². The molecule has 0 aliphatic carbocycles. The Kier molecular flexibility index (Phi) is 7.18. The Balaban J connectivity index is 1.53. The summed E-state index contributed by atoms with van der Waals surface area (Å²) in [7, 11) is 0. The van der Waals surface area contributed by atoms with Crippen LogP contribution in [0.1, 0.15) is 37.3 Å². The van der Waals surface area contributed by atoms with Crippen LogP contribution in [0, 0.1) is 35.1 Å². The highest BCUT2D eigenvalue weighted by molar-refractivity contribution is 5.84. The second kappa shape index (κ2) is 10.4. The third kappa shape index (κ3) is 5.40. The lowest BCUT2D eigenvalue weighted by molar-refractivity contribution is 0.305. The van der Waals surface area contributed by atoms with Crippen molar-refractivity contribution in [3.8, 4) is 28.7 Å². The van der Waals surface area contributed by atoms with Gasteiger partial charge in [-0.25, -0.2) is 17.6 Å². The molecular weight excluding hydrogens is 440 g/mol. The second-order valence-electron chi connectivity index (χ2n) is 7.97. The van der Waals surface area contributed by atoms with Gasteiger partial charge in [-0.15, -0.1) is 0 Å². The first-order valence-electron chi connectivity index (χ1n) is 11.1. The molecule has 5 heteroatoms. The van der Waals surface area contributed by atoms with Crippen molar-refractivity contribution < 1.29 is 22.3 Å². The van der Waals surface area contributed by atoms with Crippen LogP contribution < -0.4 is 4.74 Å². The Labute approximate surface area is 196 Å². The van der Waals surface area contributed by atoms with Crippen LogP contribution in [0.3, 0.4) is 0 Å². The fourth-order valence-electron chi connectivity index (χ4n) is 3.61. The van der Waals surface area contributed by atoms with Gasteiger partial charge in [-0.05, 0) is 71.3 Å². The molecule has 0 aliphatic heterocycles. The van der Waals surface area contributed by atoms with E-state index in [9.17, 15) is 17.6 Å². The maximum atomic E-state index is 14.7. The number of fused-ring (bicyclic) bond motifs is 1. The number of hydrogen-bond donors (Lipinski definition) is 0. The Morgan fingerprint density at radius 2 is 1.47 bits per heavy atom. The van der Waals surface area contributed by atoms with E-state index in [1.807, 2.05) is 0 Å². The summed E-state index contributed by atoms with van der Waals surface area (Å²) in [6.07, 6.45) is 3.03. The van der Waals surface area contributed by atoms with Gasteiger partial charge >= 0.3 is 0 Å². The van der Waals surface area contributed by atoms with Crippen LogP contribution >= 0.6 is 0 Å². The molecule has 0 saturated heterocycles. The van der Waals surface area contributed by atoms with Crippen LogP contribution in [0.2, 0.25) is 0 Å². The highest BCUT2D eigenvalue weighted by atomic mass is 19.2. The van der Waals surface area contributed by atoms with Gasteiger partial charge in [0.05, 0.1) is 12.2 Å². The number of rotatable bonds is 6. The van der Waals surface area contributed by atoms with E-state index in [2.05, 4.69) is 18.8 Å². The summed E-state index contributed by atoms with van der Waals surface area (Å²) >= 11 is 0. The summed E-state index contributed by atoms with van der Waals surface area (Å²) in [6, 6.07) is 16.0. The maximum absolute atomic E-state index is 14.7. The molecule has 0 atom stereocenters. The first kappa shape index (κ1) is 23.4. The van der Waals surface area contributed by atoms with E-state index in [1.165, 1.54) is 18.2 Å². The minimum Gasteiger partial charge on any atom is -0.493 e. The number of unbranched alkanes of at least 4 members (excludes halogenated alkanes) is 2. The highest BCUT2D eigenvalue weighted by Gasteiger charge is 2.10. The fraction of sp³-hybridized carbons (Fsp3) is 0.172.